The van der Waals surface area contributed by atoms with Crippen LogP contribution in [0.3, 0.4) is 0 Å². The van der Waals surface area contributed by atoms with Gasteiger partial charge in [-0.05, 0) is 42.3 Å². The van der Waals surface area contributed by atoms with E-state index in [1.165, 1.54) is 18.3 Å². The Morgan fingerprint density at radius 1 is 1.17 bits per heavy atom. The van der Waals surface area contributed by atoms with Crippen molar-refractivity contribution in [3.63, 3.8) is 0 Å². The van der Waals surface area contributed by atoms with Crippen LogP contribution in [-0.2, 0) is 23.9 Å². The van der Waals surface area contributed by atoms with Gasteiger partial charge in [0.05, 0.1) is 24.6 Å². The van der Waals surface area contributed by atoms with Gasteiger partial charge in [-0.1, -0.05) is 29.4 Å². The number of halogens is 3. The highest BCUT2D eigenvalue weighted by Gasteiger charge is 2.29. The summed E-state index contributed by atoms with van der Waals surface area (Å²) in [5, 5.41) is 12.1. The van der Waals surface area contributed by atoms with E-state index in [1.807, 2.05) is 12.1 Å². The molecule has 12 heteroatoms. The maximum Gasteiger partial charge on any atom is 0.416 e. The molecule has 9 nitrogen and oxygen atoms in total. The Balaban J connectivity index is 1.52. The van der Waals surface area contributed by atoms with Gasteiger partial charge in [-0.15, -0.1) is 0 Å². The smallest absolute Gasteiger partial charge is 0.416 e. The number of aryl methyl sites for hydroxylation is 1. The minimum absolute atomic E-state index is 0.217. The van der Waals surface area contributed by atoms with Crippen molar-refractivity contribution in [3.8, 4) is 5.75 Å². The third-order valence-corrected chi connectivity index (χ3v) is 5.28. The number of alkyl halides is 3. The summed E-state index contributed by atoms with van der Waals surface area (Å²) in [6, 6.07) is 11.5. The lowest BCUT2D eigenvalue weighted by Gasteiger charge is -2.08. The zero-order valence-electron chi connectivity index (χ0n) is 19.2. The lowest BCUT2D eigenvalue weighted by molar-refractivity contribution is -0.137. The van der Waals surface area contributed by atoms with E-state index in [0.717, 1.165) is 22.4 Å². The SMILES string of the molecule is COc1ccc(Cc2nn(CC(=O)N/N=C/c3ccc(C(F)(F)F)cc3)c(=O)c3c(C)noc23)cc1. The lowest BCUT2D eigenvalue weighted by Crippen LogP contribution is -2.32. The summed E-state index contributed by atoms with van der Waals surface area (Å²) in [5.74, 6) is 0.0301. The highest BCUT2D eigenvalue weighted by molar-refractivity contribution is 5.83. The number of hydrogen-bond acceptors (Lipinski definition) is 7. The Labute approximate surface area is 202 Å². The largest absolute Gasteiger partial charge is 0.497 e. The first kappa shape index (κ1) is 24.6. The minimum Gasteiger partial charge on any atom is -0.497 e. The second-order valence-electron chi connectivity index (χ2n) is 7.82. The molecule has 2 heterocycles. The molecule has 0 spiro atoms. The zero-order valence-corrected chi connectivity index (χ0v) is 19.2. The van der Waals surface area contributed by atoms with E-state index in [0.29, 0.717) is 29.1 Å². The van der Waals surface area contributed by atoms with Gasteiger partial charge in [0.2, 0.25) is 0 Å². The summed E-state index contributed by atoms with van der Waals surface area (Å²) in [4.78, 5) is 25.3. The van der Waals surface area contributed by atoms with E-state index in [1.54, 1.807) is 26.2 Å². The van der Waals surface area contributed by atoms with Crippen LogP contribution < -0.4 is 15.7 Å². The number of carbonyl (C=O) groups excluding carboxylic acids is 1. The number of benzene rings is 2. The van der Waals surface area contributed by atoms with Gasteiger partial charge in [0, 0.05) is 6.42 Å². The predicted molar refractivity (Wildman–Crippen MR) is 124 cm³/mol. The molecule has 1 amide bonds. The Kier molecular flexibility index (Phi) is 6.86. The van der Waals surface area contributed by atoms with E-state index in [2.05, 4.69) is 20.8 Å². The summed E-state index contributed by atoms with van der Waals surface area (Å²) in [7, 11) is 1.56. The lowest BCUT2D eigenvalue weighted by atomic mass is 10.1. The number of aromatic nitrogens is 3. The molecule has 4 rings (SSSR count). The summed E-state index contributed by atoms with van der Waals surface area (Å²) in [5.41, 5.74) is 3.14. The minimum atomic E-state index is -4.44. The van der Waals surface area contributed by atoms with Gasteiger partial charge in [0.1, 0.15) is 23.4 Å². The number of carbonyl (C=O) groups is 1. The fraction of sp³-hybridized carbons (Fsp3) is 0.208. The van der Waals surface area contributed by atoms with Crippen LogP contribution in [0, 0.1) is 6.92 Å². The van der Waals surface area contributed by atoms with Gasteiger partial charge in [-0.2, -0.15) is 23.4 Å². The second kappa shape index (κ2) is 10.0. The monoisotopic (exact) mass is 499 g/mol. The van der Waals surface area contributed by atoms with Gasteiger partial charge in [0.25, 0.3) is 11.5 Å². The van der Waals surface area contributed by atoms with Crippen molar-refractivity contribution in [2.45, 2.75) is 26.1 Å². The van der Waals surface area contributed by atoms with Crippen LogP contribution in [0.4, 0.5) is 13.2 Å². The Morgan fingerprint density at radius 3 is 2.50 bits per heavy atom. The van der Waals surface area contributed by atoms with Gasteiger partial charge in [0.15, 0.2) is 5.58 Å². The van der Waals surface area contributed by atoms with Crippen molar-refractivity contribution < 1.29 is 27.2 Å². The summed E-state index contributed by atoms with van der Waals surface area (Å²) >= 11 is 0. The van der Waals surface area contributed by atoms with Gasteiger partial charge >= 0.3 is 6.18 Å². The predicted octanol–water partition coefficient (Wildman–Crippen LogP) is 3.46. The molecule has 4 aromatic rings. The van der Waals surface area contributed by atoms with Crippen molar-refractivity contribution in [2.75, 3.05) is 7.11 Å². The molecule has 0 saturated carbocycles. The quantitative estimate of drug-likeness (QED) is 0.308. The third kappa shape index (κ3) is 5.43. The number of hydrazone groups is 1. The first-order valence-corrected chi connectivity index (χ1v) is 10.6. The maximum absolute atomic E-state index is 12.9. The Morgan fingerprint density at radius 2 is 1.86 bits per heavy atom. The molecule has 2 aromatic carbocycles. The third-order valence-electron chi connectivity index (χ3n) is 5.28. The van der Waals surface area contributed by atoms with Crippen LogP contribution in [0.5, 0.6) is 5.75 Å². The van der Waals surface area contributed by atoms with Crippen molar-refractivity contribution >= 4 is 23.1 Å². The van der Waals surface area contributed by atoms with Crippen molar-refractivity contribution in [1.29, 1.82) is 0 Å². The molecular formula is C24H20F3N5O4. The molecule has 186 valence electrons. The first-order chi connectivity index (χ1) is 17.2. The molecule has 0 radical (unpaired) electrons. The van der Waals surface area contributed by atoms with Gasteiger partial charge in [-0.25, -0.2) is 10.1 Å². The van der Waals surface area contributed by atoms with Crippen LogP contribution in [0.2, 0.25) is 0 Å². The molecule has 2 aromatic heterocycles. The standard InChI is InChI=1S/C24H20F3N5O4/c1-14-21-22(36-31-14)19(11-15-5-9-18(35-2)10-6-15)30-32(23(21)34)13-20(33)29-28-12-16-3-7-17(8-4-16)24(25,26)27/h3-10,12H,11,13H2,1-2H3,(H,29,33)/b28-12+. The number of amides is 1. The van der Waals surface area contributed by atoms with E-state index >= 15 is 0 Å². The van der Waals surface area contributed by atoms with Crippen molar-refractivity contribution in [3.05, 3.63) is 87.0 Å². The van der Waals surface area contributed by atoms with Crippen molar-refractivity contribution in [2.24, 2.45) is 5.10 Å². The molecule has 1 N–H and O–H groups in total. The molecular weight excluding hydrogens is 479 g/mol. The molecule has 36 heavy (non-hydrogen) atoms. The number of hydrogen-bond donors (Lipinski definition) is 1. The molecule has 0 aliphatic carbocycles. The second-order valence-corrected chi connectivity index (χ2v) is 7.82. The average Bonchev–Trinajstić information content (AvgIpc) is 3.24. The van der Waals surface area contributed by atoms with E-state index in [-0.39, 0.29) is 11.0 Å². The summed E-state index contributed by atoms with van der Waals surface area (Å²) in [6.45, 7) is 1.17. The van der Waals surface area contributed by atoms with Crippen LogP contribution in [-0.4, -0.2) is 34.2 Å². The summed E-state index contributed by atoms with van der Waals surface area (Å²) in [6.07, 6.45) is -2.94. The molecule has 0 bridgehead atoms. The molecule has 0 saturated heterocycles. The van der Waals surface area contributed by atoms with E-state index < -0.39 is 29.8 Å². The van der Waals surface area contributed by atoms with Gasteiger partial charge < -0.3 is 9.26 Å². The van der Waals surface area contributed by atoms with Gasteiger partial charge in [-0.3, -0.25) is 9.59 Å². The van der Waals surface area contributed by atoms with E-state index in [4.69, 9.17) is 9.26 Å². The number of nitrogens with zero attached hydrogens (tertiary/aromatic N) is 4. The van der Waals surface area contributed by atoms with Crippen molar-refractivity contribution in [1.82, 2.24) is 20.4 Å². The van der Waals surface area contributed by atoms with Crippen LogP contribution in [0.15, 0.2) is 62.9 Å². The number of fused-ring (bicyclic) bond motifs is 1. The van der Waals surface area contributed by atoms with Crippen LogP contribution in [0.1, 0.15) is 28.1 Å². The number of ether oxygens (including phenoxy) is 1. The Bertz CT molecular complexity index is 1470. The number of nitrogens with one attached hydrogen (secondary N) is 1. The highest BCUT2D eigenvalue weighted by Crippen LogP contribution is 2.28. The van der Waals surface area contributed by atoms with E-state index in [9.17, 15) is 22.8 Å². The zero-order chi connectivity index (χ0) is 25.9. The molecule has 0 fully saturated rings. The molecule has 0 unspecified atom stereocenters. The summed E-state index contributed by atoms with van der Waals surface area (Å²) < 4.78 is 49.5. The molecule has 0 aliphatic heterocycles. The number of methoxy groups -OCH3 is 1. The number of rotatable bonds is 7. The molecule has 0 aliphatic rings. The van der Waals surface area contributed by atoms with Crippen LogP contribution in [0.25, 0.3) is 11.0 Å². The van der Waals surface area contributed by atoms with Crippen LogP contribution >= 0.6 is 0 Å². The topological polar surface area (TPSA) is 112 Å². The fourth-order valence-corrected chi connectivity index (χ4v) is 3.45. The normalized spacial score (nSPS) is 11.8. The Hall–Kier alpha value is -4.48. The average molecular weight is 499 g/mol. The fourth-order valence-electron chi connectivity index (χ4n) is 3.45. The molecule has 0 atom stereocenters. The highest BCUT2D eigenvalue weighted by atomic mass is 19.4. The maximum atomic E-state index is 12.9. The first-order valence-electron chi connectivity index (χ1n) is 10.6.